The number of aryl methyl sites for hydroxylation is 1. The average Bonchev–Trinajstić information content (AvgIpc) is 2.33. The lowest BCUT2D eigenvalue weighted by molar-refractivity contribution is 0.00881. The maximum atomic E-state index is 9.06. The molecule has 1 fully saturated rings. The van der Waals surface area contributed by atoms with E-state index >= 15 is 0 Å². The minimum atomic E-state index is -0.140. The number of nitrogens with zero attached hydrogens (tertiary/aromatic N) is 2. The van der Waals surface area contributed by atoms with Crippen molar-refractivity contribution in [2.75, 3.05) is 19.8 Å². The first kappa shape index (κ1) is 12.4. The summed E-state index contributed by atoms with van der Waals surface area (Å²) >= 11 is 5.93. The minimum absolute atomic E-state index is 0.140. The molecule has 17 heavy (non-hydrogen) atoms. The maximum Gasteiger partial charge on any atom is 0.122 e. The first-order chi connectivity index (χ1) is 8.20. The van der Waals surface area contributed by atoms with E-state index in [1.807, 2.05) is 25.1 Å². The topological polar surface area (TPSA) is 36.3 Å². The molecule has 0 unspecified atom stereocenters. The first-order valence-electron chi connectivity index (χ1n) is 5.67. The molecule has 0 aliphatic carbocycles. The van der Waals surface area contributed by atoms with Crippen molar-refractivity contribution in [2.24, 2.45) is 0 Å². The number of hydrogen-bond acceptors (Lipinski definition) is 3. The van der Waals surface area contributed by atoms with Crippen LogP contribution in [0.3, 0.4) is 0 Å². The van der Waals surface area contributed by atoms with Gasteiger partial charge in [-0.2, -0.15) is 5.26 Å². The fraction of sp³-hybridized carbons (Fsp3) is 0.462. The van der Waals surface area contributed by atoms with Crippen LogP contribution in [0.1, 0.15) is 11.1 Å². The van der Waals surface area contributed by atoms with E-state index in [-0.39, 0.29) is 6.04 Å². The van der Waals surface area contributed by atoms with E-state index in [0.717, 1.165) is 18.1 Å². The summed E-state index contributed by atoms with van der Waals surface area (Å²) in [6, 6.07) is 8.02. The van der Waals surface area contributed by atoms with Crippen molar-refractivity contribution in [3.63, 3.8) is 0 Å². The molecule has 0 spiro atoms. The molecular formula is C13H15ClN2O. The van der Waals surface area contributed by atoms with Gasteiger partial charge in [-0.15, -0.1) is 0 Å². The molecule has 4 heteroatoms. The van der Waals surface area contributed by atoms with Crippen LogP contribution in [0.4, 0.5) is 0 Å². The summed E-state index contributed by atoms with van der Waals surface area (Å²) in [4.78, 5) is 2.15. The molecule has 0 N–H and O–H groups in total. The van der Waals surface area contributed by atoms with Crippen molar-refractivity contribution in [3.05, 3.63) is 34.3 Å². The Hall–Kier alpha value is -1.08. The third-order valence-electron chi connectivity index (χ3n) is 3.07. The van der Waals surface area contributed by atoms with Crippen LogP contribution in [0.2, 0.25) is 5.02 Å². The predicted octanol–water partition coefficient (Wildman–Crippen LogP) is 2.37. The van der Waals surface area contributed by atoms with Gasteiger partial charge in [-0.05, 0) is 30.2 Å². The first-order valence-corrected chi connectivity index (χ1v) is 6.05. The van der Waals surface area contributed by atoms with Crippen LogP contribution in [0.25, 0.3) is 0 Å². The Morgan fingerprint density at radius 2 is 2.41 bits per heavy atom. The normalized spacial score (nSPS) is 21.1. The van der Waals surface area contributed by atoms with Gasteiger partial charge < -0.3 is 4.74 Å². The smallest absolute Gasteiger partial charge is 0.122 e. The van der Waals surface area contributed by atoms with Crippen LogP contribution in [0.5, 0.6) is 0 Å². The van der Waals surface area contributed by atoms with Gasteiger partial charge in [-0.3, -0.25) is 4.90 Å². The van der Waals surface area contributed by atoms with E-state index in [2.05, 4.69) is 11.0 Å². The predicted molar refractivity (Wildman–Crippen MR) is 66.8 cm³/mol. The summed E-state index contributed by atoms with van der Waals surface area (Å²) in [6.07, 6.45) is 0. The second-order valence-electron chi connectivity index (χ2n) is 4.26. The zero-order valence-electron chi connectivity index (χ0n) is 9.82. The number of hydrogen-bond donors (Lipinski definition) is 0. The van der Waals surface area contributed by atoms with Crippen molar-refractivity contribution in [3.8, 4) is 6.07 Å². The Labute approximate surface area is 107 Å². The average molecular weight is 251 g/mol. The standard InChI is InChI=1S/C13H15ClN2O/c1-10-6-12(14)3-2-11(10)8-16-4-5-17-9-13(16)7-15/h2-3,6,13H,4-5,8-9H2,1H3/t13-/m0/s1. The van der Waals surface area contributed by atoms with Crippen molar-refractivity contribution >= 4 is 11.6 Å². The number of benzene rings is 1. The lowest BCUT2D eigenvalue weighted by Crippen LogP contribution is -2.44. The van der Waals surface area contributed by atoms with Crippen molar-refractivity contribution in [1.82, 2.24) is 4.90 Å². The molecule has 0 aromatic heterocycles. The fourth-order valence-electron chi connectivity index (χ4n) is 2.00. The van der Waals surface area contributed by atoms with E-state index in [1.54, 1.807) is 0 Å². The highest BCUT2D eigenvalue weighted by Gasteiger charge is 2.22. The monoisotopic (exact) mass is 250 g/mol. The Kier molecular flexibility index (Phi) is 4.01. The summed E-state index contributed by atoms with van der Waals surface area (Å²) in [7, 11) is 0. The molecule has 1 atom stereocenters. The van der Waals surface area contributed by atoms with Crippen LogP contribution in [-0.4, -0.2) is 30.7 Å². The summed E-state index contributed by atoms with van der Waals surface area (Å²) in [6.45, 7) is 4.84. The highest BCUT2D eigenvalue weighted by Crippen LogP contribution is 2.18. The molecular weight excluding hydrogens is 236 g/mol. The van der Waals surface area contributed by atoms with Crippen LogP contribution >= 0.6 is 11.6 Å². The summed E-state index contributed by atoms with van der Waals surface area (Å²) in [5.74, 6) is 0. The van der Waals surface area contributed by atoms with E-state index in [1.165, 1.54) is 11.1 Å². The number of morpholine rings is 1. The fourth-order valence-corrected chi connectivity index (χ4v) is 2.23. The molecule has 1 saturated heterocycles. The zero-order valence-corrected chi connectivity index (χ0v) is 10.6. The van der Waals surface area contributed by atoms with E-state index in [4.69, 9.17) is 21.6 Å². The van der Waals surface area contributed by atoms with Crippen LogP contribution in [-0.2, 0) is 11.3 Å². The molecule has 0 bridgehead atoms. The Bertz CT molecular complexity index is 442. The van der Waals surface area contributed by atoms with Gasteiger partial charge in [-0.25, -0.2) is 0 Å². The Morgan fingerprint density at radius 1 is 1.59 bits per heavy atom. The second-order valence-corrected chi connectivity index (χ2v) is 4.70. The second kappa shape index (κ2) is 5.50. The van der Waals surface area contributed by atoms with E-state index < -0.39 is 0 Å². The molecule has 0 amide bonds. The molecule has 1 aliphatic rings. The molecule has 2 rings (SSSR count). The number of rotatable bonds is 2. The summed E-state index contributed by atoms with van der Waals surface area (Å²) in [5, 5.41) is 9.81. The van der Waals surface area contributed by atoms with Crippen molar-refractivity contribution in [2.45, 2.75) is 19.5 Å². The molecule has 3 nitrogen and oxygen atoms in total. The van der Waals surface area contributed by atoms with Gasteiger partial charge in [0.25, 0.3) is 0 Å². The molecule has 90 valence electrons. The number of halogens is 1. The van der Waals surface area contributed by atoms with Crippen molar-refractivity contribution in [1.29, 1.82) is 5.26 Å². The minimum Gasteiger partial charge on any atom is -0.377 e. The van der Waals surface area contributed by atoms with E-state index in [9.17, 15) is 0 Å². The Balaban J connectivity index is 2.11. The molecule has 1 heterocycles. The third kappa shape index (κ3) is 2.98. The molecule has 0 saturated carbocycles. The molecule has 1 aromatic carbocycles. The molecule has 1 aliphatic heterocycles. The largest absolute Gasteiger partial charge is 0.377 e. The van der Waals surface area contributed by atoms with Crippen molar-refractivity contribution < 1.29 is 4.74 Å². The summed E-state index contributed by atoms with van der Waals surface area (Å²) < 4.78 is 5.31. The number of nitriles is 1. The van der Waals surface area contributed by atoms with Gasteiger partial charge in [0.2, 0.25) is 0 Å². The van der Waals surface area contributed by atoms with Gasteiger partial charge >= 0.3 is 0 Å². The van der Waals surface area contributed by atoms with Crippen LogP contribution in [0.15, 0.2) is 18.2 Å². The van der Waals surface area contributed by atoms with E-state index in [0.29, 0.717) is 13.2 Å². The number of ether oxygens (including phenoxy) is 1. The van der Waals surface area contributed by atoms with Crippen LogP contribution in [0, 0.1) is 18.3 Å². The maximum absolute atomic E-state index is 9.06. The SMILES string of the molecule is Cc1cc(Cl)ccc1CN1CCOC[C@@H]1C#N. The van der Waals surface area contributed by atoms with Gasteiger partial charge in [-0.1, -0.05) is 17.7 Å². The van der Waals surface area contributed by atoms with Crippen LogP contribution < -0.4 is 0 Å². The zero-order chi connectivity index (χ0) is 12.3. The van der Waals surface area contributed by atoms with Gasteiger partial charge in [0.05, 0.1) is 19.3 Å². The highest BCUT2D eigenvalue weighted by molar-refractivity contribution is 6.30. The van der Waals surface area contributed by atoms with Gasteiger partial charge in [0.15, 0.2) is 0 Å². The lowest BCUT2D eigenvalue weighted by Gasteiger charge is -2.31. The van der Waals surface area contributed by atoms with Gasteiger partial charge in [0.1, 0.15) is 6.04 Å². The lowest BCUT2D eigenvalue weighted by atomic mass is 10.1. The third-order valence-corrected chi connectivity index (χ3v) is 3.30. The van der Waals surface area contributed by atoms with Gasteiger partial charge in [0, 0.05) is 18.1 Å². The quantitative estimate of drug-likeness (QED) is 0.809. The molecule has 0 radical (unpaired) electrons. The Morgan fingerprint density at radius 3 is 3.12 bits per heavy atom. The summed E-state index contributed by atoms with van der Waals surface area (Å²) in [5.41, 5.74) is 2.39. The molecule has 1 aromatic rings. The highest BCUT2D eigenvalue weighted by atomic mass is 35.5.